The van der Waals surface area contributed by atoms with Gasteiger partial charge in [0.2, 0.25) is 0 Å². The van der Waals surface area contributed by atoms with E-state index in [1.165, 1.54) is 11.1 Å². The zero-order valence-electron chi connectivity index (χ0n) is 7.57. The van der Waals surface area contributed by atoms with E-state index in [9.17, 15) is 0 Å². The lowest BCUT2D eigenvalue weighted by Gasteiger charge is -2.28. The predicted octanol–water partition coefficient (Wildman–Crippen LogP) is 2.07. The summed E-state index contributed by atoms with van der Waals surface area (Å²) in [6, 6.07) is 10.2. The second-order valence-electron chi connectivity index (χ2n) is 3.01. The van der Waals surface area contributed by atoms with E-state index in [2.05, 4.69) is 18.2 Å². The molecular formula is C11H12O2. The molecule has 2 nitrogen and oxygen atoms in total. The maximum atomic E-state index is 5.17. The Morgan fingerprint density at radius 2 is 2.15 bits per heavy atom. The van der Waals surface area contributed by atoms with Gasteiger partial charge in [-0.2, -0.15) is 0 Å². The average molecular weight is 176 g/mol. The van der Waals surface area contributed by atoms with Crippen LogP contribution < -0.4 is 0 Å². The van der Waals surface area contributed by atoms with Crippen LogP contribution in [-0.4, -0.2) is 20.0 Å². The van der Waals surface area contributed by atoms with Gasteiger partial charge in [0.25, 0.3) is 0 Å². The smallest absolute Gasteiger partial charge is 0.182 e. The Bertz CT molecular complexity index is 301. The molecule has 0 bridgehead atoms. The van der Waals surface area contributed by atoms with Crippen molar-refractivity contribution in [1.82, 2.24) is 0 Å². The summed E-state index contributed by atoms with van der Waals surface area (Å²) in [5.74, 6) is 0. The zero-order valence-corrected chi connectivity index (χ0v) is 7.57. The largest absolute Gasteiger partial charge is 0.352 e. The molecule has 1 aliphatic heterocycles. The van der Waals surface area contributed by atoms with Gasteiger partial charge in [0.15, 0.2) is 6.29 Å². The molecule has 0 spiro atoms. The Kier molecular flexibility index (Phi) is 2.43. The van der Waals surface area contributed by atoms with Crippen LogP contribution in [0.2, 0.25) is 0 Å². The van der Waals surface area contributed by atoms with Crippen LogP contribution in [0.1, 0.15) is 5.56 Å². The first-order valence-electron chi connectivity index (χ1n) is 4.30. The Morgan fingerprint density at radius 3 is 2.69 bits per heavy atom. The first-order valence-corrected chi connectivity index (χ1v) is 4.30. The highest BCUT2D eigenvalue weighted by Gasteiger charge is 2.23. The molecule has 2 rings (SSSR count). The number of ether oxygens (including phenoxy) is 2. The van der Waals surface area contributed by atoms with Gasteiger partial charge in [0.05, 0.1) is 6.61 Å². The van der Waals surface area contributed by atoms with Crippen LogP contribution in [0.5, 0.6) is 0 Å². The molecule has 68 valence electrons. The van der Waals surface area contributed by atoms with E-state index in [1.54, 1.807) is 7.11 Å². The molecule has 1 atom stereocenters. The molecule has 0 radical (unpaired) electrons. The molecule has 1 unspecified atom stereocenters. The van der Waals surface area contributed by atoms with Crippen LogP contribution in [0.3, 0.4) is 0 Å². The van der Waals surface area contributed by atoms with Gasteiger partial charge in [-0.05, 0) is 11.6 Å². The van der Waals surface area contributed by atoms with E-state index in [0.717, 1.165) is 0 Å². The predicted molar refractivity (Wildman–Crippen MR) is 51.2 cm³/mol. The summed E-state index contributed by atoms with van der Waals surface area (Å²) >= 11 is 0. The lowest BCUT2D eigenvalue weighted by atomic mass is 10.1. The third-order valence-corrected chi connectivity index (χ3v) is 2.07. The van der Waals surface area contributed by atoms with Crippen LogP contribution in [-0.2, 0) is 9.47 Å². The molecule has 2 heteroatoms. The molecule has 1 fully saturated rings. The van der Waals surface area contributed by atoms with Gasteiger partial charge in [0.1, 0.15) is 0 Å². The van der Waals surface area contributed by atoms with Crippen molar-refractivity contribution in [3.8, 4) is 0 Å². The first kappa shape index (κ1) is 8.48. The number of rotatable bonds is 2. The van der Waals surface area contributed by atoms with Crippen LogP contribution in [0.4, 0.5) is 0 Å². The van der Waals surface area contributed by atoms with E-state index >= 15 is 0 Å². The molecule has 1 saturated heterocycles. The van der Waals surface area contributed by atoms with Crippen LogP contribution in [0.15, 0.2) is 35.9 Å². The van der Waals surface area contributed by atoms with E-state index < -0.39 is 0 Å². The minimum absolute atomic E-state index is 0.125. The molecule has 0 aliphatic carbocycles. The fraction of sp³-hybridized carbons (Fsp3) is 0.273. The minimum Gasteiger partial charge on any atom is -0.352 e. The third-order valence-electron chi connectivity index (χ3n) is 2.07. The summed E-state index contributed by atoms with van der Waals surface area (Å²) in [5.41, 5.74) is 2.40. The molecule has 0 aromatic heterocycles. The van der Waals surface area contributed by atoms with Gasteiger partial charge >= 0.3 is 0 Å². The zero-order chi connectivity index (χ0) is 9.10. The van der Waals surface area contributed by atoms with Crippen molar-refractivity contribution in [3.63, 3.8) is 0 Å². The van der Waals surface area contributed by atoms with Gasteiger partial charge in [-0.15, -0.1) is 0 Å². The maximum Gasteiger partial charge on any atom is 0.182 e. The summed E-state index contributed by atoms with van der Waals surface area (Å²) in [6.07, 6.45) is 1.98. The summed E-state index contributed by atoms with van der Waals surface area (Å²) in [6.45, 7) is 0.688. The van der Waals surface area contributed by atoms with Crippen molar-refractivity contribution >= 4 is 6.08 Å². The van der Waals surface area contributed by atoms with E-state index in [-0.39, 0.29) is 6.29 Å². The van der Waals surface area contributed by atoms with Crippen LogP contribution in [0.25, 0.3) is 6.08 Å². The topological polar surface area (TPSA) is 18.5 Å². The lowest BCUT2D eigenvalue weighted by molar-refractivity contribution is -0.147. The summed E-state index contributed by atoms with van der Waals surface area (Å²) in [4.78, 5) is 0. The number of methoxy groups -OCH3 is 1. The first-order chi connectivity index (χ1) is 6.40. The third kappa shape index (κ3) is 1.79. The monoisotopic (exact) mass is 176 g/mol. The van der Waals surface area contributed by atoms with Gasteiger partial charge in [-0.3, -0.25) is 0 Å². The van der Waals surface area contributed by atoms with Crippen molar-refractivity contribution in [2.75, 3.05) is 13.7 Å². The molecule has 0 amide bonds. The van der Waals surface area contributed by atoms with Crippen molar-refractivity contribution in [3.05, 3.63) is 41.5 Å². The second kappa shape index (κ2) is 3.73. The summed E-state index contributed by atoms with van der Waals surface area (Å²) in [7, 11) is 1.66. The lowest BCUT2D eigenvalue weighted by Crippen LogP contribution is -2.32. The van der Waals surface area contributed by atoms with Gasteiger partial charge < -0.3 is 9.47 Å². The van der Waals surface area contributed by atoms with Crippen molar-refractivity contribution in [1.29, 1.82) is 0 Å². The van der Waals surface area contributed by atoms with Gasteiger partial charge in [-0.1, -0.05) is 30.3 Å². The van der Waals surface area contributed by atoms with Crippen LogP contribution >= 0.6 is 0 Å². The highest BCUT2D eigenvalue weighted by Crippen LogP contribution is 2.22. The van der Waals surface area contributed by atoms with Crippen molar-refractivity contribution in [2.45, 2.75) is 6.29 Å². The number of hydrogen-bond donors (Lipinski definition) is 0. The van der Waals surface area contributed by atoms with E-state index in [4.69, 9.17) is 9.47 Å². The molecule has 0 saturated carbocycles. The molecule has 1 aliphatic rings. The molecule has 13 heavy (non-hydrogen) atoms. The highest BCUT2D eigenvalue weighted by atomic mass is 16.7. The molecular weight excluding hydrogens is 164 g/mol. The number of benzene rings is 1. The Hall–Kier alpha value is -1.12. The molecule has 1 aromatic carbocycles. The van der Waals surface area contributed by atoms with Crippen LogP contribution in [0, 0.1) is 0 Å². The second-order valence-corrected chi connectivity index (χ2v) is 3.01. The SMILES string of the molecule is COC1OC/C1=C\c1ccccc1. The van der Waals surface area contributed by atoms with Crippen molar-refractivity contribution < 1.29 is 9.47 Å². The average Bonchev–Trinajstić information content (AvgIpc) is 2.15. The normalized spacial score (nSPS) is 24.4. The molecule has 0 N–H and O–H groups in total. The standard InChI is InChI=1S/C11H12O2/c1-12-11-10(8-13-11)7-9-5-3-2-4-6-9/h2-7,11H,8H2,1H3/b10-7+. The summed E-state index contributed by atoms with van der Waals surface area (Å²) < 4.78 is 10.3. The van der Waals surface area contributed by atoms with E-state index in [0.29, 0.717) is 6.61 Å². The Balaban J connectivity index is 2.12. The molecule has 1 aromatic rings. The molecule has 1 heterocycles. The van der Waals surface area contributed by atoms with Gasteiger partial charge in [-0.25, -0.2) is 0 Å². The van der Waals surface area contributed by atoms with E-state index in [1.807, 2.05) is 18.2 Å². The number of hydrogen-bond acceptors (Lipinski definition) is 2. The highest BCUT2D eigenvalue weighted by molar-refractivity contribution is 5.54. The van der Waals surface area contributed by atoms with Gasteiger partial charge in [0, 0.05) is 12.7 Å². The fourth-order valence-corrected chi connectivity index (χ4v) is 1.34. The fourth-order valence-electron chi connectivity index (χ4n) is 1.34. The van der Waals surface area contributed by atoms with Crippen molar-refractivity contribution in [2.24, 2.45) is 0 Å². The summed E-state index contributed by atoms with van der Waals surface area (Å²) in [5, 5.41) is 0. The quantitative estimate of drug-likeness (QED) is 0.686. The maximum absolute atomic E-state index is 5.17. The minimum atomic E-state index is -0.125. The Morgan fingerprint density at radius 1 is 1.38 bits per heavy atom. The Labute approximate surface area is 77.8 Å².